The molecule has 0 radical (unpaired) electrons. The molecule has 2 aromatic rings. The van der Waals surface area contributed by atoms with E-state index < -0.39 is 10.0 Å². The van der Waals surface area contributed by atoms with E-state index in [0.717, 1.165) is 11.1 Å². The van der Waals surface area contributed by atoms with Gasteiger partial charge in [0, 0.05) is 24.6 Å². The number of rotatable bonds is 5. The van der Waals surface area contributed by atoms with Crippen molar-refractivity contribution < 1.29 is 8.42 Å². The second-order valence-corrected chi connectivity index (χ2v) is 6.29. The van der Waals surface area contributed by atoms with E-state index in [0.29, 0.717) is 18.7 Å². The van der Waals surface area contributed by atoms with Crippen molar-refractivity contribution in [1.29, 1.82) is 0 Å². The molecule has 5 nitrogen and oxygen atoms in total. The summed E-state index contributed by atoms with van der Waals surface area (Å²) in [5, 5.41) is 0. The number of pyridine rings is 1. The lowest BCUT2D eigenvalue weighted by molar-refractivity contribution is 0.581. The molecule has 0 unspecified atom stereocenters. The molecule has 0 bridgehead atoms. The molecule has 0 saturated carbocycles. The second-order valence-electron chi connectivity index (χ2n) is 4.52. The molecule has 1 aromatic heterocycles. The molecule has 3 N–H and O–H groups in total. The van der Waals surface area contributed by atoms with Gasteiger partial charge in [0.05, 0.1) is 4.90 Å². The zero-order valence-electron chi connectivity index (χ0n) is 11.2. The summed E-state index contributed by atoms with van der Waals surface area (Å²) in [7, 11) is -3.52. The first-order chi connectivity index (χ1) is 9.49. The normalized spacial score (nSPS) is 11.4. The van der Waals surface area contributed by atoms with Crippen molar-refractivity contribution >= 4 is 15.7 Å². The molecule has 0 saturated heterocycles. The van der Waals surface area contributed by atoms with Gasteiger partial charge in [-0.2, -0.15) is 0 Å². The number of anilines is 1. The average molecular weight is 291 g/mol. The zero-order chi connectivity index (χ0) is 14.6. The molecule has 0 aliphatic heterocycles. The summed E-state index contributed by atoms with van der Waals surface area (Å²) < 4.78 is 26.8. The molecule has 1 aromatic carbocycles. The maximum Gasteiger partial charge on any atom is 0.240 e. The van der Waals surface area contributed by atoms with Crippen molar-refractivity contribution in [2.75, 3.05) is 12.3 Å². The van der Waals surface area contributed by atoms with Crippen molar-refractivity contribution in [3.63, 3.8) is 0 Å². The second kappa shape index (κ2) is 6.02. The van der Waals surface area contributed by atoms with E-state index in [4.69, 9.17) is 5.73 Å². The Balaban J connectivity index is 2.02. The van der Waals surface area contributed by atoms with Crippen molar-refractivity contribution in [1.82, 2.24) is 9.71 Å². The minimum absolute atomic E-state index is 0.190. The van der Waals surface area contributed by atoms with Crippen LogP contribution < -0.4 is 10.5 Å². The summed E-state index contributed by atoms with van der Waals surface area (Å²) in [6.45, 7) is 2.17. The molecule has 20 heavy (non-hydrogen) atoms. The predicted octanol–water partition coefficient (Wildman–Crippen LogP) is 1.49. The molecule has 0 amide bonds. The van der Waals surface area contributed by atoms with Crippen LogP contribution in [0.25, 0.3) is 0 Å². The van der Waals surface area contributed by atoms with Crippen LogP contribution in [0, 0.1) is 6.92 Å². The number of nitrogens with zero attached hydrogens (tertiary/aromatic N) is 1. The molecule has 0 spiro atoms. The largest absolute Gasteiger partial charge is 0.398 e. The van der Waals surface area contributed by atoms with Gasteiger partial charge in [0.1, 0.15) is 0 Å². The highest BCUT2D eigenvalue weighted by Crippen LogP contribution is 2.16. The smallest absolute Gasteiger partial charge is 0.240 e. The lowest BCUT2D eigenvalue weighted by Crippen LogP contribution is -2.26. The molecular weight excluding hydrogens is 274 g/mol. The maximum atomic E-state index is 12.1. The zero-order valence-corrected chi connectivity index (χ0v) is 12.0. The molecule has 0 fully saturated rings. The lowest BCUT2D eigenvalue weighted by Gasteiger charge is -2.08. The highest BCUT2D eigenvalue weighted by molar-refractivity contribution is 7.89. The van der Waals surface area contributed by atoms with Gasteiger partial charge in [-0.25, -0.2) is 13.1 Å². The number of aryl methyl sites for hydroxylation is 1. The summed E-state index contributed by atoms with van der Waals surface area (Å²) in [4.78, 5) is 4.11. The molecule has 0 atom stereocenters. The van der Waals surface area contributed by atoms with Crippen LogP contribution in [0.3, 0.4) is 0 Å². The van der Waals surface area contributed by atoms with E-state index >= 15 is 0 Å². The van der Waals surface area contributed by atoms with Crippen LogP contribution >= 0.6 is 0 Å². The number of benzene rings is 1. The fourth-order valence-electron chi connectivity index (χ4n) is 1.75. The average Bonchev–Trinajstić information content (AvgIpc) is 2.43. The number of nitrogens with one attached hydrogen (secondary N) is 1. The van der Waals surface area contributed by atoms with E-state index in [9.17, 15) is 8.42 Å². The summed E-state index contributed by atoms with van der Waals surface area (Å²) in [5.74, 6) is 0. The van der Waals surface area contributed by atoms with Crippen molar-refractivity contribution in [3.05, 3.63) is 53.9 Å². The van der Waals surface area contributed by atoms with E-state index in [-0.39, 0.29) is 4.90 Å². The summed E-state index contributed by atoms with van der Waals surface area (Å²) in [5.41, 5.74) is 8.11. The van der Waals surface area contributed by atoms with E-state index in [2.05, 4.69) is 9.71 Å². The molecule has 106 valence electrons. The van der Waals surface area contributed by atoms with E-state index in [1.807, 2.05) is 19.1 Å². The van der Waals surface area contributed by atoms with Crippen LogP contribution in [0.2, 0.25) is 0 Å². The first kappa shape index (κ1) is 14.5. The molecule has 6 heteroatoms. The fourth-order valence-corrected chi connectivity index (χ4v) is 2.82. The SMILES string of the molecule is Cc1ccc(S(=O)(=O)NCCc2ccncc2)cc1N. The van der Waals surface area contributed by atoms with Crippen molar-refractivity contribution in [3.8, 4) is 0 Å². The predicted molar refractivity (Wildman–Crippen MR) is 78.7 cm³/mol. The topological polar surface area (TPSA) is 85.1 Å². The minimum Gasteiger partial charge on any atom is -0.398 e. The molecule has 2 rings (SSSR count). The molecule has 1 heterocycles. The molecule has 0 aliphatic rings. The highest BCUT2D eigenvalue weighted by atomic mass is 32.2. The van der Waals surface area contributed by atoms with Gasteiger partial charge in [-0.1, -0.05) is 6.07 Å². The Kier molecular flexibility index (Phi) is 4.36. The van der Waals surface area contributed by atoms with Crippen LogP contribution in [0.4, 0.5) is 5.69 Å². The Morgan fingerprint density at radius 1 is 1.20 bits per heavy atom. The third kappa shape index (κ3) is 3.55. The Morgan fingerprint density at radius 2 is 1.90 bits per heavy atom. The van der Waals surface area contributed by atoms with Gasteiger partial charge in [-0.15, -0.1) is 0 Å². The summed E-state index contributed by atoms with van der Waals surface area (Å²) in [6.07, 6.45) is 3.98. The summed E-state index contributed by atoms with van der Waals surface area (Å²) in [6, 6.07) is 8.45. The number of sulfonamides is 1. The third-order valence-corrected chi connectivity index (χ3v) is 4.47. The standard InChI is InChI=1S/C14H17N3O2S/c1-11-2-3-13(10-14(11)15)20(18,19)17-9-6-12-4-7-16-8-5-12/h2-5,7-8,10,17H,6,9,15H2,1H3. The van der Waals surface area contributed by atoms with Crippen molar-refractivity contribution in [2.24, 2.45) is 0 Å². The number of nitrogen functional groups attached to an aromatic ring is 1. The first-order valence-corrected chi connectivity index (χ1v) is 7.72. The van der Waals surface area contributed by atoms with Crippen LogP contribution in [0.15, 0.2) is 47.6 Å². The van der Waals surface area contributed by atoms with Gasteiger partial charge >= 0.3 is 0 Å². The monoisotopic (exact) mass is 291 g/mol. The Labute approximate surface area is 118 Å². The molecular formula is C14H17N3O2S. The van der Waals surface area contributed by atoms with Crippen LogP contribution in [-0.4, -0.2) is 19.9 Å². The van der Waals surface area contributed by atoms with Gasteiger partial charge in [0.2, 0.25) is 10.0 Å². The Bertz CT molecular complexity index is 685. The third-order valence-electron chi connectivity index (χ3n) is 3.02. The van der Waals surface area contributed by atoms with Crippen LogP contribution in [0.1, 0.15) is 11.1 Å². The fraction of sp³-hybridized carbons (Fsp3) is 0.214. The maximum absolute atomic E-state index is 12.1. The first-order valence-electron chi connectivity index (χ1n) is 6.24. The van der Waals surface area contributed by atoms with Crippen molar-refractivity contribution in [2.45, 2.75) is 18.2 Å². The van der Waals surface area contributed by atoms with Gasteiger partial charge in [-0.05, 0) is 48.7 Å². The Hall–Kier alpha value is -1.92. The Morgan fingerprint density at radius 3 is 2.55 bits per heavy atom. The number of aromatic nitrogens is 1. The number of hydrogen-bond donors (Lipinski definition) is 2. The van der Waals surface area contributed by atoms with Crippen LogP contribution in [-0.2, 0) is 16.4 Å². The minimum atomic E-state index is -3.52. The number of hydrogen-bond acceptors (Lipinski definition) is 4. The highest BCUT2D eigenvalue weighted by Gasteiger charge is 2.14. The van der Waals surface area contributed by atoms with Gasteiger partial charge in [0.15, 0.2) is 0 Å². The van der Waals surface area contributed by atoms with E-state index in [1.54, 1.807) is 24.5 Å². The quantitative estimate of drug-likeness (QED) is 0.817. The number of nitrogens with two attached hydrogens (primary N) is 1. The van der Waals surface area contributed by atoms with Gasteiger partial charge < -0.3 is 5.73 Å². The van der Waals surface area contributed by atoms with Crippen LogP contribution in [0.5, 0.6) is 0 Å². The molecule has 0 aliphatic carbocycles. The summed E-state index contributed by atoms with van der Waals surface area (Å²) >= 11 is 0. The lowest BCUT2D eigenvalue weighted by atomic mass is 10.2. The van der Waals surface area contributed by atoms with Gasteiger partial charge in [-0.3, -0.25) is 4.98 Å². The van der Waals surface area contributed by atoms with Gasteiger partial charge in [0.25, 0.3) is 0 Å². The van der Waals surface area contributed by atoms with E-state index in [1.165, 1.54) is 6.07 Å².